The minimum absolute atomic E-state index is 0.00662. The largest absolute Gasteiger partial charge is 0.504 e. The average Bonchev–Trinajstić information content (AvgIpc) is 2.84. The predicted molar refractivity (Wildman–Crippen MR) is 128 cm³/mol. The van der Waals surface area contributed by atoms with Gasteiger partial charge in [-0.15, -0.1) is 0 Å². The first-order chi connectivity index (χ1) is 15.9. The van der Waals surface area contributed by atoms with Crippen LogP contribution in [0.2, 0.25) is 0 Å². The van der Waals surface area contributed by atoms with Crippen LogP contribution in [0.5, 0.6) is 23.0 Å². The number of carbonyl (C=O) groups excluding carboxylic acids is 2. The maximum absolute atomic E-state index is 11.9. The Kier molecular flexibility index (Phi) is 10.7. The smallest absolute Gasteiger partial charge is 0.163 e. The molecule has 0 atom stereocenters. The molecule has 1 aliphatic heterocycles. The summed E-state index contributed by atoms with van der Waals surface area (Å²) < 4.78 is 10.00. The van der Waals surface area contributed by atoms with Crippen LogP contribution in [0.15, 0.2) is 48.6 Å². The van der Waals surface area contributed by atoms with Crippen LogP contribution in [-0.2, 0) is 9.59 Å². The zero-order valence-corrected chi connectivity index (χ0v) is 18.8. The molecule has 1 aliphatic rings. The van der Waals surface area contributed by atoms with Crippen molar-refractivity contribution in [2.24, 2.45) is 0 Å². The van der Waals surface area contributed by atoms with Crippen LogP contribution in [-0.4, -0.2) is 62.2 Å². The SMILES string of the molecule is C1CNCCN1.COc1cc(C=CC(=O)CC(=O)C=Cc2ccc(O)c(OC)c2)ccc1O. The van der Waals surface area contributed by atoms with E-state index in [1.807, 2.05) is 0 Å². The van der Waals surface area contributed by atoms with Crippen molar-refractivity contribution in [2.45, 2.75) is 6.42 Å². The number of piperazine rings is 1. The summed E-state index contributed by atoms with van der Waals surface area (Å²) >= 11 is 0. The van der Waals surface area contributed by atoms with Gasteiger partial charge in [-0.25, -0.2) is 0 Å². The van der Waals surface area contributed by atoms with Crippen molar-refractivity contribution in [3.63, 3.8) is 0 Å². The number of benzene rings is 2. The van der Waals surface area contributed by atoms with Gasteiger partial charge in [-0.05, 0) is 47.5 Å². The highest BCUT2D eigenvalue weighted by Crippen LogP contribution is 2.27. The van der Waals surface area contributed by atoms with Gasteiger partial charge in [0, 0.05) is 26.2 Å². The van der Waals surface area contributed by atoms with E-state index in [1.165, 1.54) is 38.5 Å². The number of aromatic hydroxyl groups is 2. The lowest BCUT2D eigenvalue weighted by atomic mass is 10.1. The van der Waals surface area contributed by atoms with E-state index in [2.05, 4.69) is 10.6 Å². The number of ketones is 2. The van der Waals surface area contributed by atoms with Crippen molar-refractivity contribution in [3.05, 3.63) is 59.7 Å². The summed E-state index contributed by atoms with van der Waals surface area (Å²) in [6.45, 7) is 4.56. The number of nitrogens with one attached hydrogen (secondary N) is 2. The molecule has 0 aliphatic carbocycles. The van der Waals surface area contributed by atoms with E-state index in [0.717, 1.165) is 26.2 Å². The first-order valence-electron chi connectivity index (χ1n) is 10.5. The predicted octanol–water partition coefficient (Wildman–Crippen LogP) is 2.55. The summed E-state index contributed by atoms with van der Waals surface area (Å²) in [4.78, 5) is 23.9. The van der Waals surface area contributed by atoms with Crippen LogP contribution < -0.4 is 20.1 Å². The van der Waals surface area contributed by atoms with Crippen LogP contribution in [0, 0.1) is 0 Å². The van der Waals surface area contributed by atoms with Crippen LogP contribution in [0.1, 0.15) is 17.5 Å². The van der Waals surface area contributed by atoms with E-state index in [0.29, 0.717) is 22.6 Å². The fourth-order valence-electron chi connectivity index (χ4n) is 2.87. The fourth-order valence-corrected chi connectivity index (χ4v) is 2.87. The standard InChI is InChI=1S/C21H20O6.C4H10N2/c1-26-20-11-14(5-9-18(20)24)3-7-16(22)13-17(23)8-4-15-6-10-19(25)21(12-15)27-2;1-2-6-4-3-5-1/h3-12,24-25H,13H2,1-2H3;5-6H,1-4H2. The Hall–Kier alpha value is -3.62. The molecule has 0 saturated carbocycles. The second kappa shape index (κ2) is 13.7. The van der Waals surface area contributed by atoms with Crippen molar-refractivity contribution in [1.82, 2.24) is 10.6 Å². The third-order valence-electron chi connectivity index (χ3n) is 4.64. The van der Waals surface area contributed by atoms with Gasteiger partial charge >= 0.3 is 0 Å². The molecule has 0 aromatic heterocycles. The molecule has 2 aromatic carbocycles. The monoisotopic (exact) mass is 454 g/mol. The second-order valence-electron chi connectivity index (χ2n) is 7.14. The topological polar surface area (TPSA) is 117 Å². The molecule has 0 amide bonds. The Labute approximate surface area is 193 Å². The van der Waals surface area contributed by atoms with Crippen molar-refractivity contribution < 1.29 is 29.3 Å². The maximum Gasteiger partial charge on any atom is 0.163 e. The summed E-state index contributed by atoms with van der Waals surface area (Å²) in [7, 11) is 2.87. The first-order valence-corrected chi connectivity index (χ1v) is 10.5. The molecule has 8 nitrogen and oxygen atoms in total. The molecule has 3 rings (SSSR count). The summed E-state index contributed by atoms with van der Waals surface area (Å²) in [6, 6.07) is 9.34. The van der Waals surface area contributed by atoms with Crippen LogP contribution in [0.4, 0.5) is 0 Å². The highest BCUT2D eigenvalue weighted by Gasteiger charge is 2.06. The van der Waals surface area contributed by atoms with Crippen molar-refractivity contribution in [3.8, 4) is 23.0 Å². The fraction of sp³-hybridized carbons (Fsp3) is 0.280. The quantitative estimate of drug-likeness (QED) is 0.355. The van der Waals surface area contributed by atoms with Gasteiger partial charge in [-0.1, -0.05) is 24.3 Å². The molecule has 33 heavy (non-hydrogen) atoms. The molecule has 0 unspecified atom stereocenters. The normalized spacial score (nSPS) is 13.4. The van der Waals surface area contributed by atoms with E-state index in [4.69, 9.17) is 9.47 Å². The number of hydrogen-bond donors (Lipinski definition) is 4. The highest BCUT2D eigenvalue weighted by molar-refractivity contribution is 6.10. The van der Waals surface area contributed by atoms with Gasteiger partial charge in [-0.3, -0.25) is 9.59 Å². The molecule has 0 spiro atoms. The van der Waals surface area contributed by atoms with Gasteiger partial charge in [0.25, 0.3) is 0 Å². The molecule has 1 fully saturated rings. The molecular weight excluding hydrogens is 424 g/mol. The van der Waals surface area contributed by atoms with Gasteiger partial charge in [0.05, 0.1) is 20.6 Å². The Morgan fingerprint density at radius 2 is 1.18 bits per heavy atom. The highest BCUT2D eigenvalue weighted by atomic mass is 16.5. The number of methoxy groups -OCH3 is 2. The third-order valence-corrected chi connectivity index (χ3v) is 4.64. The van der Waals surface area contributed by atoms with Gasteiger partial charge in [0.1, 0.15) is 0 Å². The van der Waals surface area contributed by atoms with Crippen molar-refractivity contribution >= 4 is 23.7 Å². The number of phenols is 2. The van der Waals surface area contributed by atoms with Gasteiger partial charge in [0.2, 0.25) is 0 Å². The number of phenolic OH excluding ortho intramolecular Hbond substituents is 2. The van der Waals surface area contributed by atoms with Crippen LogP contribution >= 0.6 is 0 Å². The molecule has 1 saturated heterocycles. The van der Waals surface area contributed by atoms with E-state index in [9.17, 15) is 19.8 Å². The summed E-state index contributed by atoms with van der Waals surface area (Å²) in [6.07, 6.45) is 5.44. The summed E-state index contributed by atoms with van der Waals surface area (Å²) in [5.41, 5.74) is 1.33. The Bertz CT molecular complexity index is 911. The number of allylic oxidation sites excluding steroid dienone is 2. The van der Waals surface area contributed by atoms with E-state index in [1.54, 1.807) is 36.4 Å². The first kappa shape index (κ1) is 25.6. The average molecular weight is 455 g/mol. The third kappa shape index (κ3) is 9.18. The molecule has 4 N–H and O–H groups in total. The van der Waals surface area contributed by atoms with E-state index < -0.39 is 0 Å². The second-order valence-corrected chi connectivity index (χ2v) is 7.14. The molecule has 0 bridgehead atoms. The molecule has 1 heterocycles. The van der Waals surface area contributed by atoms with E-state index in [-0.39, 0.29) is 29.5 Å². The summed E-state index contributed by atoms with van der Waals surface area (Å²) in [5, 5.41) is 25.5. The Balaban J connectivity index is 0.000000554. The number of ether oxygens (including phenoxy) is 2. The number of carbonyl (C=O) groups is 2. The molecule has 176 valence electrons. The summed E-state index contributed by atoms with van der Waals surface area (Å²) in [5.74, 6) is -0.0832. The lowest BCUT2D eigenvalue weighted by Crippen LogP contribution is -2.39. The van der Waals surface area contributed by atoms with Gasteiger partial charge in [0.15, 0.2) is 34.6 Å². The zero-order chi connectivity index (χ0) is 24.1. The lowest BCUT2D eigenvalue weighted by molar-refractivity contribution is -0.121. The van der Waals surface area contributed by atoms with Crippen LogP contribution in [0.3, 0.4) is 0 Å². The lowest BCUT2D eigenvalue weighted by Gasteiger charge is -2.11. The Morgan fingerprint density at radius 3 is 1.52 bits per heavy atom. The number of hydrogen-bond acceptors (Lipinski definition) is 8. The van der Waals surface area contributed by atoms with Gasteiger partial charge in [-0.2, -0.15) is 0 Å². The van der Waals surface area contributed by atoms with E-state index >= 15 is 0 Å². The van der Waals surface area contributed by atoms with Gasteiger partial charge < -0.3 is 30.3 Å². The maximum atomic E-state index is 11.9. The minimum atomic E-state index is -0.347. The van der Waals surface area contributed by atoms with Crippen molar-refractivity contribution in [1.29, 1.82) is 0 Å². The Morgan fingerprint density at radius 1 is 0.788 bits per heavy atom. The zero-order valence-electron chi connectivity index (χ0n) is 18.8. The minimum Gasteiger partial charge on any atom is -0.504 e. The molecule has 0 radical (unpaired) electrons. The van der Waals surface area contributed by atoms with Crippen molar-refractivity contribution in [2.75, 3.05) is 40.4 Å². The number of rotatable bonds is 8. The molecule has 8 heteroatoms. The molecular formula is C25H30N2O6. The van der Waals surface area contributed by atoms with Crippen LogP contribution in [0.25, 0.3) is 12.2 Å². The molecule has 2 aromatic rings.